The van der Waals surface area contributed by atoms with Crippen LogP contribution >= 0.6 is 11.3 Å². The summed E-state index contributed by atoms with van der Waals surface area (Å²) in [6, 6.07) is 0.373. The SMILES string of the molecule is Cc1cnc(C(C)NCCCC2CCCO2)s1. The third kappa shape index (κ3) is 4.05. The molecule has 4 heteroatoms. The normalized spacial score (nSPS) is 21.9. The molecular formula is C13H22N2OS. The molecule has 3 nitrogen and oxygen atoms in total. The number of aryl methyl sites for hydroxylation is 1. The zero-order chi connectivity index (χ0) is 12.1. The first-order valence-corrected chi connectivity index (χ1v) is 7.34. The number of rotatable bonds is 6. The number of aromatic nitrogens is 1. The Labute approximate surface area is 108 Å². The smallest absolute Gasteiger partial charge is 0.109 e. The van der Waals surface area contributed by atoms with E-state index in [-0.39, 0.29) is 0 Å². The summed E-state index contributed by atoms with van der Waals surface area (Å²) in [4.78, 5) is 5.69. The first-order valence-electron chi connectivity index (χ1n) is 6.53. The van der Waals surface area contributed by atoms with Gasteiger partial charge in [0, 0.05) is 17.7 Å². The largest absolute Gasteiger partial charge is 0.378 e. The van der Waals surface area contributed by atoms with Gasteiger partial charge in [-0.1, -0.05) is 0 Å². The van der Waals surface area contributed by atoms with Gasteiger partial charge in [0.25, 0.3) is 0 Å². The zero-order valence-corrected chi connectivity index (χ0v) is 11.6. The molecule has 1 aromatic heterocycles. The maximum atomic E-state index is 5.61. The molecule has 1 aliphatic rings. The summed E-state index contributed by atoms with van der Waals surface area (Å²) in [5.74, 6) is 0. The number of hydrogen-bond donors (Lipinski definition) is 1. The lowest BCUT2D eigenvalue weighted by atomic mass is 10.1. The van der Waals surface area contributed by atoms with Crippen LogP contribution in [0.5, 0.6) is 0 Å². The molecule has 2 heterocycles. The number of nitrogens with one attached hydrogen (secondary N) is 1. The van der Waals surface area contributed by atoms with Crippen LogP contribution in [-0.2, 0) is 4.74 Å². The molecule has 0 aromatic carbocycles. The minimum absolute atomic E-state index is 0.373. The van der Waals surface area contributed by atoms with E-state index in [1.807, 2.05) is 6.20 Å². The zero-order valence-electron chi connectivity index (χ0n) is 10.7. The molecular weight excluding hydrogens is 232 g/mol. The van der Waals surface area contributed by atoms with Crippen molar-refractivity contribution < 1.29 is 4.74 Å². The van der Waals surface area contributed by atoms with Crippen LogP contribution in [0.25, 0.3) is 0 Å². The molecule has 1 fully saturated rings. The highest BCUT2D eigenvalue weighted by molar-refractivity contribution is 7.11. The van der Waals surface area contributed by atoms with E-state index in [4.69, 9.17) is 4.74 Å². The van der Waals surface area contributed by atoms with E-state index in [0.717, 1.165) is 13.2 Å². The molecule has 1 saturated heterocycles. The van der Waals surface area contributed by atoms with Crippen molar-refractivity contribution in [3.05, 3.63) is 16.1 Å². The quantitative estimate of drug-likeness (QED) is 0.792. The molecule has 0 bridgehead atoms. The lowest BCUT2D eigenvalue weighted by Crippen LogP contribution is -2.20. The van der Waals surface area contributed by atoms with Crippen molar-refractivity contribution in [3.63, 3.8) is 0 Å². The van der Waals surface area contributed by atoms with Crippen LogP contribution in [0.3, 0.4) is 0 Å². The molecule has 1 aromatic rings. The highest BCUT2D eigenvalue weighted by Crippen LogP contribution is 2.19. The average molecular weight is 254 g/mol. The van der Waals surface area contributed by atoms with E-state index in [0.29, 0.717) is 12.1 Å². The summed E-state index contributed by atoms with van der Waals surface area (Å²) in [5, 5.41) is 4.72. The Morgan fingerprint density at radius 1 is 1.65 bits per heavy atom. The first-order chi connectivity index (χ1) is 8.25. The Morgan fingerprint density at radius 2 is 2.53 bits per heavy atom. The van der Waals surface area contributed by atoms with E-state index in [1.54, 1.807) is 11.3 Å². The third-order valence-corrected chi connectivity index (χ3v) is 4.28. The summed E-state index contributed by atoms with van der Waals surface area (Å²) in [6.45, 7) is 6.31. The van der Waals surface area contributed by atoms with Gasteiger partial charge < -0.3 is 10.1 Å². The predicted molar refractivity (Wildman–Crippen MR) is 71.5 cm³/mol. The average Bonchev–Trinajstić information content (AvgIpc) is 2.95. The number of hydrogen-bond acceptors (Lipinski definition) is 4. The van der Waals surface area contributed by atoms with Gasteiger partial charge in [0.05, 0.1) is 12.1 Å². The molecule has 17 heavy (non-hydrogen) atoms. The van der Waals surface area contributed by atoms with Gasteiger partial charge in [0.2, 0.25) is 0 Å². The van der Waals surface area contributed by atoms with Crippen LogP contribution in [0, 0.1) is 6.92 Å². The lowest BCUT2D eigenvalue weighted by Gasteiger charge is -2.12. The van der Waals surface area contributed by atoms with Crippen LogP contribution < -0.4 is 5.32 Å². The molecule has 96 valence electrons. The van der Waals surface area contributed by atoms with Crippen molar-refractivity contribution in [1.29, 1.82) is 0 Å². The molecule has 2 atom stereocenters. The summed E-state index contributed by atoms with van der Waals surface area (Å²) in [5.41, 5.74) is 0. The van der Waals surface area contributed by atoms with Crippen LogP contribution in [0.2, 0.25) is 0 Å². The summed E-state index contributed by atoms with van der Waals surface area (Å²) < 4.78 is 5.61. The van der Waals surface area contributed by atoms with Crippen molar-refractivity contribution in [2.24, 2.45) is 0 Å². The maximum Gasteiger partial charge on any atom is 0.109 e. The first kappa shape index (κ1) is 13.0. The van der Waals surface area contributed by atoms with Gasteiger partial charge >= 0.3 is 0 Å². The minimum Gasteiger partial charge on any atom is -0.378 e. The second-order valence-electron chi connectivity index (χ2n) is 4.76. The fourth-order valence-electron chi connectivity index (χ4n) is 2.18. The van der Waals surface area contributed by atoms with Crippen molar-refractivity contribution in [1.82, 2.24) is 10.3 Å². The van der Waals surface area contributed by atoms with Crippen molar-refractivity contribution in [2.45, 2.75) is 51.7 Å². The van der Waals surface area contributed by atoms with Crippen LogP contribution in [0.4, 0.5) is 0 Å². The molecule has 0 radical (unpaired) electrons. The van der Waals surface area contributed by atoms with E-state index in [2.05, 4.69) is 24.1 Å². The monoisotopic (exact) mass is 254 g/mol. The van der Waals surface area contributed by atoms with Gasteiger partial charge in [-0.3, -0.25) is 0 Å². The number of nitrogens with zero attached hydrogens (tertiary/aromatic N) is 1. The fourth-order valence-corrected chi connectivity index (χ4v) is 2.98. The standard InChI is InChI=1S/C13H22N2OS/c1-10-9-15-13(17-10)11(2)14-7-3-5-12-6-4-8-16-12/h9,11-12,14H,3-8H2,1-2H3. The van der Waals surface area contributed by atoms with Crippen LogP contribution in [-0.4, -0.2) is 24.2 Å². The molecule has 1 N–H and O–H groups in total. The topological polar surface area (TPSA) is 34.2 Å². The van der Waals surface area contributed by atoms with Crippen molar-refractivity contribution in [2.75, 3.05) is 13.2 Å². The summed E-state index contributed by atoms with van der Waals surface area (Å²) >= 11 is 1.78. The molecule has 2 rings (SSSR count). The van der Waals surface area contributed by atoms with E-state index in [1.165, 1.54) is 35.6 Å². The molecule has 0 amide bonds. The van der Waals surface area contributed by atoms with E-state index >= 15 is 0 Å². The van der Waals surface area contributed by atoms with Gasteiger partial charge in [-0.25, -0.2) is 4.98 Å². The summed E-state index contributed by atoms with van der Waals surface area (Å²) in [6.07, 6.45) is 7.35. The van der Waals surface area contributed by atoms with Crippen molar-refractivity contribution in [3.8, 4) is 0 Å². The Balaban J connectivity index is 1.61. The van der Waals surface area contributed by atoms with Gasteiger partial charge in [0.15, 0.2) is 0 Å². The van der Waals surface area contributed by atoms with Gasteiger partial charge in [-0.15, -0.1) is 11.3 Å². The molecule has 2 unspecified atom stereocenters. The summed E-state index contributed by atoms with van der Waals surface area (Å²) in [7, 11) is 0. The lowest BCUT2D eigenvalue weighted by molar-refractivity contribution is 0.102. The Hall–Kier alpha value is -0.450. The van der Waals surface area contributed by atoms with Crippen LogP contribution in [0.15, 0.2) is 6.20 Å². The van der Waals surface area contributed by atoms with Gasteiger partial charge in [0.1, 0.15) is 5.01 Å². The fraction of sp³-hybridized carbons (Fsp3) is 0.769. The second-order valence-corrected chi connectivity index (χ2v) is 6.03. The Kier molecular flexibility index (Phi) is 4.95. The maximum absolute atomic E-state index is 5.61. The van der Waals surface area contributed by atoms with Crippen molar-refractivity contribution >= 4 is 11.3 Å². The molecule has 0 aliphatic carbocycles. The van der Waals surface area contributed by atoms with Gasteiger partial charge in [-0.05, 0) is 46.1 Å². The van der Waals surface area contributed by atoms with E-state index in [9.17, 15) is 0 Å². The number of thiazole rings is 1. The molecule has 0 spiro atoms. The molecule has 1 aliphatic heterocycles. The predicted octanol–water partition coefficient (Wildman–Crippen LogP) is 3.06. The molecule has 0 saturated carbocycles. The number of ether oxygens (including phenoxy) is 1. The third-order valence-electron chi connectivity index (χ3n) is 3.19. The van der Waals surface area contributed by atoms with Crippen LogP contribution in [0.1, 0.15) is 48.5 Å². The highest BCUT2D eigenvalue weighted by atomic mass is 32.1. The highest BCUT2D eigenvalue weighted by Gasteiger charge is 2.15. The Bertz CT molecular complexity index is 334. The van der Waals surface area contributed by atoms with Gasteiger partial charge in [-0.2, -0.15) is 0 Å². The second kappa shape index (κ2) is 6.47. The Morgan fingerprint density at radius 3 is 3.18 bits per heavy atom. The van der Waals surface area contributed by atoms with E-state index < -0.39 is 0 Å². The minimum atomic E-state index is 0.373.